The molecule has 1 aromatic rings. The fraction of sp³-hybridized carbons (Fsp3) is 0.619. The number of hydrogen-bond acceptors (Lipinski definition) is 3. The number of carbonyl (C=O) groups is 2. The average Bonchev–Trinajstić information content (AvgIpc) is 2.98. The van der Waals surface area contributed by atoms with E-state index in [0.29, 0.717) is 5.41 Å². The van der Waals surface area contributed by atoms with Crippen LogP contribution in [-0.4, -0.2) is 42.4 Å². The summed E-state index contributed by atoms with van der Waals surface area (Å²) in [5.74, 6) is -5.45. The third kappa shape index (κ3) is 5.10. The van der Waals surface area contributed by atoms with E-state index < -0.39 is 29.0 Å². The van der Waals surface area contributed by atoms with E-state index in [1.807, 2.05) is 6.92 Å². The van der Waals surface area contributed by atoms with Gasteiger partial charge in [0.25, 0.3) is 0 Å². The van der Waals surface area contributed by atoms with Gasteiger partial charge < -0.3 is 10.6 Å². The maximum Gasteiger partial charge on any atom is 0.243 e. The van der Waals surface area contributed by atoms with Crippen LogP contribution in [0.4, 0.5) is 18.9 Å². The van der Waals surface area contributed by atoms with Gasteiger partial charge in [-0.05, 0) is 50.3 Å². The Bertz CT molecular complexity index is 764. The van der Waals surface area contributed by atoms with Gasteiger partial charge in [0.15, 0.2) is 17.5 Å². The van der Waals surface area contributed by atoms with E-state index in [0.717, 1.165) is 31.6 Å². The van der Waals surface area contributed by atoms with E-state index in [-0.39, 0.29) is 18.5 Å². The van der Waals surface area contributed by atoms with Crippen molar-refractivity contribution in [3.63, 3.8) is 0 Å². The molecule has 1 aliphatic carbocycles. The summed E-state index contributed by atoms with van der Waals surface area (Å²) in [5.41, 5.74) is -0.155. The standard InChI is InChI=1S/C21H28F3N3O2/c1-14(27-11-10-21(13-27)8-4-2-3-5-9-21)20(29)25-12-17(28)26-16-7-6-15(22)18(23)19(16)24/h6-7,14H,2-5,8-13H2,1H3,(H,25,29)(H,26,28). The predicted molar refractivity (Wildman–Crippen MR) is 104 cm³/mol. The second-order valence-electron chi connectivity index (χ2n) is 8.30. The van der Waals surface area contributed by atoms with Gasteiger partial charge >= 0.3 is 0 Å². The van der Waals surface area contributed by atoms with E-state index in [2.05, 4.69) is 15.5 Å². The Morgan fingerprint density at radius 3 is 2.45 bits per heavy atom. The molecule has 1 aromatic carbocycles. The number of halogens is 3. The van der Waals surface area contributed by atoms with Crippen molar-refractivity contribution in [1.82, 2.24) is 10.2 Å². The molecule has 2 aliphatic rings. The molecule has 1 saturated carbocycles. The molecule has 160 valence electrons. The molecule has 2 fully saturated rings. The maximum atomic E-state index is 13.6. The zero-order chi connectivity index (χ0) is 21.0. The van der Waals surface area contributed by atoms with E-state index in [1.165, 1.54) is 38.5 Å². The van der Waals surface area contributed by atoms with E-state index in [4.69, 9.17) is 0 Å². The lowest BCUT2D eigenvalue weighted by atomic mass is 9.80. The smallest absolute Gasteiger partial charge is 0.243 e. The van der Waals surface area contributed by atoms with Gasteiger partial charge in [-0.1, -0.05) is 25.7 Å². The Kier molecular flexibility index (Phi) is 6.82. The summed E-state index contributed by atoms with van der Waals surface area (Å²) in [6.07, 6.45) is 8.57. The Balaban J connectivity index is 1.49. The molecule has 2 N–H and O–H groups in total. The molecule has 1 atom stereocenters. The lowest BCUT2D eigenvalue weighted by Gasteiger charge is -2.30. The number of anilines is 1. The molecule has 0 aromatic heterocycles. The van der Waals surface area contributed by atoms with Gasteiger partial charge in [0.2, 0.25) is 11.8 Å². The summed E-state index contributed by atoms with van der Waals surface area (Å²) in [5, 5.41) is 4.69. The summed E-state index contributed by atoms with van der Waals surface area (Å²) < 4.78 is 39.8. The summed E-state index contributed by atoms with van der Waals surface area (Å²) >= 11 is 0. The molecule has 0 radical (unpaired) electrons. The van der Waals surface area contributed by atoms with Crippen LogP contribution in [0, 0.1) is 22.9 Å². The van der Waals surface area contributed by atoms with Crippen LogP contribution in [0.15, 0.2) is 12.1 Å². The number of nitrogens with zero attached hydrogens (tertiary/aromatic N) is 1. The lowest BCUT2D eigenvalue weighted by molar-refractivity contribution is -0.127. The van der Waals surface area contributed by atoms with Crippen molar-refractivity contribution in [2.75, 3.05) is 25.0 Å². The summed E-state index contributed by atoms with van der Waals surface area (Å²) in [7, 11) is 0. The van der Waals surface area contributed by atoms with Crippen molar-refractivity contribution >= 4 is 17.5 Å². The van der Waals surface area contributed by atoms with E-state index in [1.54, 1.807) is 0 Å². The third-order valence-electron chi connectivity index (χ3n) is 6.29. The van der Waals surface area contributed by atoms with E-state index in [9.17, 15) is 22.8 Å². The molecule has 1 unspecified atom stereocenters. The van der Waals surface area contributed by atoms with Crippen LogP contribution in [0.2, 0.25) is 0 Å². The molecular formula is C21H28F3N3O2. The molecule has 29 heavy (non-hydrogen) atoms. The van der Waals surface area contributed by atoms with Crippen molar-refractivity contribution in [2.45, 2.75) is 57.9 Å². The molecule has 3 rings (SSSR count). The lowest BCUT2D eigenvalue weighted by Crippen LogP contribution is -2.46. The SMILES string of the molecule is CC(C(=O)NCC(=O)Nc1ccc(F)c(F)c1F)N1CCC2(CCCCCC2)C1. The van der Waals surface area contributed by atoms with Crippen molar-refractivity contribution in [3.8, 4) is 0 Å². The normalized spacial score (nSPS) is 20.3. The van der Waals surface area contributed by atoms with Crippen LogP contribution in [0.5, 0.6) is 0 Å². The number of hydrogen-bond donors (Lipinski definition) is 2. The summed E-state index contributed by atoms with van der Waals surface area (Å²) in [4.78, 5) is 26.6. The summed E-state index contributed by atoms with van der Waals surface area (Å²) in [6.45, 7) is 3.20. The molecule has 1 spiro atoms. The first kappa shape index (κ1) is 21.6. The minimum absolute atomic E-state index is 0.281. The van der Waals surface area contributed by atoms with Crippen molar-refractivity contribution in [2.24, 2.45) is 5.41 Å². The fourth-order valence-electron chi connectivity index (χ4n) is 4.48. The highest BCUT2D eigenvalue weighted by Crippen LogP contribution is 2.43. The number of likely N-dealkylation sites (tertiary alicyclic amines) is 1. The highest BCUT2D eigenvalue weighted by Gasteiger charge is 2.40. The molecule has 0 bridgehead atoms. The van der Waals surface area contributed by atoms with Gasteiger partial charge in [0.05, 0.1) is 18.3 Å². The van der Waals surface area contributed by atoms with Crippen LogP contribution < -0.4 is 10.6 Å². The number of carbonyl (C=O) groups excluding carboxylic acids is 2. The minimum Gasteiger partial charge on any atom is -0.346 e. The first-order valence-corrected chi connectivity index (χ1v) is 10.3. The van der Waals surface area contributed by atoms with Crippen LogP contribution in [-0.2, 0) is 9.59 Å². The molecule has 1 saturated heterocycles. The molecule has 5 nitrogen and oxygen atoms in total. The minimum atomic E-state index is -1.65. The van der Waals surface area contributed by atoms with Gasteiger partial charge in [-0.25, -0.2) is 13.2 Å². The third-order valence-corrected chi connectivity index (χ3v) is 6.29. The first-order valence-electron chi connectivity index (χ1n) is 10.3. The summed E-state index contributed by atoms with van der Waals surface area (Å²) in [6, 6.07) is 1.29. The molecule has 1 heterocycles. The Hall–Kier alpha value is -2.09. The maximum absolute atomic E-state index is 13.6. The molecule has 1 aliphatic heterocycles. The number of rotatable bonds is 5. The van der Waals surface area contributed by atoms with Gasteiger partial charge in [0.1, 0.15) is 0 Å². The largest absolute Gasteiger partial charge is 0.346 e. The Morgan fingerprint density at radius 1 is 1.07 bits per heavy atom. The Morgan fingerprint density at radius 2 is 1.76 bits per heavy atom. The first-order chi connectivity index (χ1) is 13.8. The molecule has 8 heteroatoms. The fourth-order valence-corrected chi connectivity index (χ4v) is 4.48. The monoisotopic (exact) mass is 411 g/mol. The zero-order valence-electron chi connectivity index (χ0n) is 16.7. The molecule has 2 amide bonds. The second kappa shape index (κ2) is 9.15. The van der Waals surface area contributed by atoms with Crippen molar-refractivity contribution < 1.29 is 22.8 Å². The van der Waals surface area contributed by atoms with Crippen molar-refractivity contribution in [1.29, 1.82) is 0 Å². The average molecular weight is 411 g/mol. The van der Waals surface area contributed by atoms with Gasteiger partial charge in [0, 0.05) is 6.54 Å². The number of nitrogens with one attached hydrogen (secondary N) is 2. The van der Waals surface area contributed by atoms with Crippen LogP contribution in [0.1, 0.15) is 51.9 Å². The highest BCUT2D eigenvalue weighted by atomic mass is 19.2. The quantitative estimate of drug-likeness (QED) is 0.728. The van der Waals surface area contributed by atoms with Crippen LogP contribution >= 0.6 is 0 Å². The van der Waals surface area contributed by atoms with Crippen LogP contribution in [0.3, 0.4) is 0 Å². The highest BCUT2D eigenvalue weighted by molar-refractivity contribution is 5.95. The number of benzene rings is 1. The Labute approximate surface area is 169 Å². The van der Waals surface area contributed by atoms with Gasteiger partial charge in [-0.15, -0.1) is 0 Å². The number of amides is 2. The topological polar surface area (TPSA) is 61.4 Å². The molecular weight excluding hydrogens is 383 g/mol. The van der Waals surface area contributed by atoms with Gasteiger partial charge in [-0.2, -0.15) is 0 Å². The second-order valence-corrected chi connectivity index (χ2v) is 8.30. The van der Waals surface area contributed by atoms with E-state index >= 15 is 0 Å². The van der Waals surface area contributed by atoms with Crippen LogP contribution in [0.25, 0.3) is 0 Å². The van der Waals surface area contributed by atoms with Gasteiger partial charge in [-0.3, -0.25) is 14.5 Å². The zero-order valence-corrected chi connectivity index (χ0v) is 16.7. The predicted octanol–water partition coefficient (Wildman–Crippen LogP) is 3.59. The van der Waals surface area contributed by atoms with Crippen molar-refractivity contribution in [3.05, 3.63) is 29.6 Å².